The zero-order valence-electron chi connectivity index (χ0n) is 23.5. The number of nitrogens with one attached hydrogen (secondary N) is 2. The fourth-order valence-corrected chi connectivity index (χ4v) is 5.63. The second-order valence-corrected chi connectivity index (χ2v) is 11.2. The quantitative estimate of drug-likeness (QED) is 0.0659. The predicted molar refractivity (Wildman–Crippen MR) is 155 cm³/mol. The maximum Gasteiger partial charge on any atom is 0.511 e. The van der Waals surface area contributed by atoms with Crippen LogP contribution in [0.1, 0.15) is 33.4 Å². The van der Waals surface area contributed by atoms with E-state index in [-0.39, 0.29) is 40.3 Å². The molecule has 2 aliphatic rings. The average molecular weight is 683 g/mol. The van der Waals surface area contributed by atoms with Gasteiger partial charge in [0.1, 0.15) is 22.8 Å². The highest BCUT2D eigenvalue weighted by atomic mass is 35.5. The van der Waals surface area contributed by atoms with Gasteiger partial charge in [-0.2, -0.15) is 0 Å². The van der Waals surface area contributed by atoms with Crippen LogP contribution in [0, 0.1) is 0 Å². The maximum atomic E-state index is 13.2. The van der Waals surface area contributed by atoms with Crippen molar-refractivity contribution in [2.24, 2.45) is 10.9 Å². The Balaban J connectivity index is 0.00000675. The van der Waals surface area contributed by atoms with E-state index in [1.807, 2.05) is 0 Å². The van der Waals surface area contributed by atoms with Gasteiger partial charge in [0.05, 0.1) is 12.1 Å². The molecule has 1 aromatic heterocycles. The number of β-lactam (4-membered cyclic amide) rings is 1. The van der Waals surface area contributed by atoms with E-state index in [4.69, 9.17) is 19.9 Å². The normalized spacial score (nSPS) is 19.5. The smallest absolute Gasteiger partial charge is 0.431 e. The van der Waals surface area contributed by atoms with Crippen molar-refractivity contribution < 1.29 is 52.2 Å². The average Bonchev–Trinajstić information content (AvgIpc) is 3.37. The summed E-state index contributed by atoms with van der Waals surface area (Å²) in [5, 5.41) is 17.8. The monoisotopic (exact) mass is 682 g/mol. The molecule has 4 atom stereocenters. The van der Waals surface area contributed by atoms with E-state index in [9.17, 15) is 38.0 Å². The summed E-state index contributed by atoms with van der Waals surface area (Å²) in [6.45, 7) is 5.81. The first-order chi connectivity index (χ1) is 20.2. The predicted octanol–water partition coefficient (Wildman–Crippen LogP) is 1.95. The number of thiazole rings is 1. The highest BCUT2D eigenvalue weighted by Crippen LogP contribution is 2.41. The van der Waals surface area contributed by atoms with Gasteiger partial charge in [-0.15, -0.1) is 35.5 Å². The molecule has 20 heteroatoms. The van der Waals surface area contributed by atoms with E-state index < -0.39 is 71.8 Å². The molecule has 2 aliphatic heterocycles. The van der Waals surface area contributed by atoms with Gasteiger partial charge in [-0.3, -0.25) is 19.3 Å². The second kappa shape index (κ2) is 15.8. The Kier molecular flexibility index (Phi) is 13.0. The van der Waals surface area contributed by atoms with Gasteiger partial charge < -0.3 is 35.8 Å². The van der Waals surface area contributed by atoms with Crippen molar-refractivity contribution in [3.8, 4) is 0 Å². The van der Waals surface area contributed by atoms with Gasteiger partial charge in [0, 0.05) is 18.1 Å². The zero-order valence-corrected chi connectivity index (χ0v) is 26.0. The van der Waals surface area contributed by atoms with Crippen LogP contribution in [0.2, 0.25) is 0 Å². The summed E-state index contributed by atoms with van der Waals surface area (Å²) in [5.41, 5.74) is 4.47. The Morgan fingerprint density at radius 2 is 1.89 bits per heavy atom. The van der Waals surface area contributed by atoms with Gasteiger partial charge >= 0.3 is 12.1 Å². The molecule has 1 unspecified atom stereocenters. The fourth-order valence-electron chi connectivity index (χ4n) is 3.62. The number of aromatic nitrogens is 1. The van der Waals surface area contributed by atoms with Crippen molar-refractivity contribution in [2.45, 2.75) is 64.0 Å². The Bertz CT molecular complexity index is 1370. The van der Waals surface area contributed by atoms with Crippen LogP contribution >= 0.6 is 35.5 Å². The molecular weight excluding hydrogens is 654 g/mol. The van der Waals surface area contributed by atoms with E-state index in [2.05, 4.69) is 20.8 Å². The Labute approximate surface area is 263 Å². The highest BCUT2D eigenvalue weighted by molar-refractivity contribution is 8.00. The van der Waals surface area contributed by atoms with E-state index in [1.54, 1.807) is 13.8 Å². The number of nitrogens with zero attached hydrogens (tertiary/aromatic N) is 3. The minimum absolute atomic E-state index is 0. The molecule has 5 N–H and O–H groups in total. The van der Waals surface area contributed by atoms with Gasteiger partial charge in [-0.05, 0) is 32.4 Å². The SMILES string of the molecule is CC(C)OC(=O)OC(C)OC(=O)C1=C(/C=C\C(F)F)CS[C@@H]2[C@H](NC(=O)/C(=N\O)c3csc(NC(=O)[C@H](C)N)n3)C(=O)N12.Cl. The van der Waals surface area contributed by atoms with Crippen LogP contribution in [0.3, 0.4) is 0 Å². The van der Waals surface area contributed by atoms with Gasteiger partial charge in [0.2, 0.25) is 12.2 Å². The van der Waals surface area contributed by atoms with Crippen LogP contribution in [0.25, 0.3) is 0 Å². The number of amides is 3. The standard InChI is InChI=1S/C24H28F2N6O9S2.ClH/c1-9(2)39-24(37)41-11(4)40-22(36)17-12(5-6-14(25)26)7-42-21-16(20(35)32(17)21)29-19(34)15(31-38)13-8-43-23(28-13)30-18(33)10(3)27;/h5-6,8-11,14,16,21,38H,7,27H2,1-4H3,(H,29,34)(H,28,30,33);1H/b6-5-,31-15-;/t10-,11?,16+,21+;/m0./s1. The molecule has 242 valence electrons. The lowest BCUT2D eigenvalue weighted by atomic mass is 10.0. The molecule has 0 aliphatic carbocycles. The lowest BCUT2D eigenvalue weighted by Gasteiger charge is -2.49. The third-order valence-corrected chi connectivity index (χ3v) is 7.55. The number of esters is 1. The van der Waals surface area contributed by atoms with Crippen molar-refractivity contribution in [1.82, 2.24) is 15.2 Å². The summed E-state index contributed by atoms with van der Waals surface area (Å²) in [4.78, 5) is 67.7. The molecule has 0 spiro atoms. The number of hydrogen-bond donors (Lipinski definition) is 4. The lowest BCUT2D eigenvalue weighted by molar-refractivity contribution is -0.169. The number of nitrogens with two attached hydrogens (primary N) is 1. The van der Waals surface area contributed by atoms with Gasteiger partial charge in [0.15, 0.2) is 10.8 Å². The van der Waals surface area contributed by atoms with Crippen molar-refractivity contribution >= 4 is 76.2 Å². The third kappa shape index (κ3) is 8.87. The summed E-state index contributed by atoms with van der Waals surface area (Å²) < 4.78 is 40.6. The Morgan fingerprint density at radius 1 is 1.20 bits per heavy atom. The maximum absolute atomic E-state index is 13.2. The number of ether oxygens (including phenoxy) is 3. The Hall–Kier alpha value is -3.81. The summed E-state index contributed by atoms with van der Waals surface area (Å²) in [6.07, 6.45) is -4.45. The van der Waals surface area contributed by atoms with Crippen LogP contribution in [0.15, 0.2) is 34.0 Å². The minimum atomic E-state index is -2.85. The molecule has 0 aromatic carbocycles. The molecule has 3 heterocycles. The Morgan fingerprint density at radius 3 is 2.48 bits per heavy atom. The van der Waals surface area contributed by atoms with Crippen molar-refractivity contribution in [1.29, 1.82) is 0 Å². The number of halogens is 3. The third-order valence-electron chi connectivity index (χ3n) is 5.49. The first-order valence-electron chi connectivity index (χ1n) is 12.5. The lowest BCUT2D eigenvalue weighted by Crippen LogP contribution is -2.71. The molecule has 1 fully saturated rings. The van der Waals surface area contributed by atoms with Crippen LogP contribution in [0.5, 0.6) is 0 Å². The van der Waals surface area contributed by atoms with Gasteiger partial charge in [-0.1, -0.05) is 11.2 Å². The molecule has 1 aromatic rings. The highest BCUT2D eigenvalue weighted by Gasteiger charge is 2.54. The summed E-state index contributed by atoms with van der Waals surface area (Å²) >= 11 is 1.99. The topological polar surface area (TPSA) is 212 Å². The number of alkyl halides is 2. The fraction of sp³-hybridized carbons (Fsp3) is 0.458. The van der Waals surface area contributed by atoms with Gasteiger partial charge in [-0.25, -0.2) is 23.4 Å². The summed E-state index contributed by atoms with van der Waals surface area (Å²) in [5.74, 6) is -3.52. The molecule has 15 nitrogen and oxygen atoms in total. The number of rotatable bonds is 11. The molecule has 44 heavy (non-hydrogen) atoms. The van der Waals surface area contributed by atoms with Crippen LogP contribution < -0.4 is 16.4 Å². The van der Waals surface area contributed by atoms with Crippen LogP contribution in [0.4, 0.5) is 18.7 Å². The molecular formula is C24H29ClF2N6O9S2. The van der Waals surface area contributed by atoms with Crippen molar-refractivity contribution in [2.75, 3.05) is 11.1 Å². The number of carbonyl (C=O) groups excluding carboxylic acids is 5. The minimum Gasteiger partial charge on any atom is -0.431 e. The van der Waals surface area contributed by atoms with Crippen LogP contribution in [-0.4, -0.2) is 92.7 Å². The largest absolute Gasteiger partial charge is 0.511 e. The number of carbonyl (C=O) groups is 5. The van der Waals surface area contributed by atoms with Crippen molar-refractivity contribution in [3.05, 3.63) is 34.5 Å². The number of anilines is 1. The number of allylic oxidation sites excluding steroid dienone is 2. The molecule has 3 rings (SSSR count). The number of thioether (sulfide) groups is 1. The number of fused-ring (bicyclic) bond motifs is 1. The van der Waals surface area contributed by atoms with E-state index in [0.717, 1.165) is 34.1 Å². The van der Waals surface area contributed by atoms with Gasteiger partial charge in [0.25, 0.3) is 18.2 Å². The molecule has 1 saturated heterocycles. The molecule has 0 bridgehead atoms. The summed E-state index contributed by atoms with van der Waals surface area (Å²) in [6, 6.07) is -2.05. The molecule has 3 amide bonds. The first kappa shape index (κ1) is 36.4. The zero-order chi connectivity index (χ0) is 32.0. The van der Waals surface area contributed by atoms with Crippen LogP contribution in [-0.2, 0) is 33.4 Å². The number of hydrogen-bond acceptors (Lipinski definition) is 14. The molecule has 0 radical (unpaired) electrons. The van der Waals surface area contributed by atoms with Crippen molar-refractivity contribution in [3.63, 3.8) is 0 Å². The van der Waals surface area contributed by atoms with E-state index in [0.29, 0.717) is 6.08 Å². The first-order valence-corrected chi connectivity index (χ1v) is 14.4. The summed E-state index contributed by atoms with van der Waals surface area (Å²) in [7, 11) is 0. The number of oxime groups is 1. The molecule has 0 saturated carbocycles. The van der Waals surface area contributed by atoms with E-state index in [1.165, 1.54) is 19.2 Å². The van der Waals surface area contributed by atoms with E-state index >= 15 is 0 Å². The second-order valence-electron chi connectivity index (χ2n) is 9.20.